The molecule has 2 aromatic carbocycles. The first-order valence-corrected chi connectivity index (χ1v) is 12.4. The molecule has 3 nitrogen and oxygen atoms in total. The fourth-order valence-electron chi connectivity index (χ4n) is 5.28. The zero-order valence-corrected chi connectivity index (χ0v) is 21.4. The Morgan fingerprint density at radius 1 is 1.06 bits per heavy atom. The van der Waals surface area contributed by atoms with Crippen LogP contribution >= 0.6 is 0 Å². The number of aromatic nitrogens is 1. The summed E-state index contributed by atoms with van der Waals surface area (Å²) in [6.07, 6.45) is 2.29. The fraction of sp³-hybridized carbons (Fsp3) is 0.355. The summed E-state index contributed by atoms with van der Waals surface area (Å²) >= 11 is 0. The van der Waals surface area contributed by atoms with Crippen molar-refractivity contribution in [2.24, 2.45) is 0 Å². The lowest BCUT2D eigenvalue weighted by Gasteiger charge is -2.33. The maximum absolute atomic E-state index is 11.5. The minimum Gasteiger partial charge on any atom is -0.507 e. The third kappa shape index (κ3) is 3.82. The fourth-order valence-corrected chi connectivity index (χ4v) is 5.28. The van der Waals surface area contributed by atoms with Gasteiger partial charge < -0.3 is 14.8 Å². The van der Waals surface area contributed by atoms with Crippen LogP contribution in [0.15, 0.2) is 59.9 Å². The molecule has 1 aliphatic rings. The van der Waals surface area contributed by atoms with Crippen molar-refractivity contribution >= 4 is 22.0 Å². The molecular weight excluding hydrogens is 418 g/mol. The molecule has 0 aliphatic heterocycles. The molecule has 2 N–H and O–H groups in total. The largest absolute Gasteiger partial charge is 0.507 e. The zero-order valence-electron chi connectivity index (χ0n) is 21.4. The lowest BCUT2D eigenvalue weighted by Crippen LogP contribution is -2.28. The first kappa shape index (κ1) is 24.1. The molecule has 0 saturated carbocycles. The van der Waals surface area contributed by atoms with Crippen LogP contribution in [0, 0.1) is 20.8 Å². The van der Waals surface area contributed by atoms with Gasteiger partial charge in [-0.3, -0.25) is 0 Å². The predicted molar refractivity (Wildman–Crippen MR) is 144 cm³/mol. The molecule has 1 unspecified atom stereocenters. The highest BCUT2D eigenvalue weighted by molar-refractivity contribution is 6.04. The molecule has 0 amide bonds. The Bertz CT molecular complexity index is 1350. The van der Waals surface area contributed by atoms with Gasteiger partial charge in [-0.2, -0.15) is 0 Å². The van der Waals surface area contributed by atoms with Crippen molar-refractivity contribution in [3.05, 3.63) is 93.4 Å². The number of aliphatic hydroxyl groups is 2. The number of benzene rings is 2. The second kappa shape index (κ2) is 9.31. The maximum Gasteiger partial charge on any atom is 0.129 e. The van der Waals surface area contributed by atoms with E-state index in [1.807, 2.05) is 6.92 Å². The van der Waals surface area contributed by atoms with Crippen molar-refractivity contribution in [2.45, 2.75) is 73.5 Å². The van der Waals surface area contributed by atoms with Crippen LogP contribution in [-0.4, -0.2) is 20.9 Å². The molecule has 0 saturated heterocycles. The Hall–Kier alpha value is -3.04. The van der Waals surface area contributed by atoms with E-state index >= 15 is 0 Å². The molecule has 1 heterocycles. The molecule has 0 spiro atoms. The molecule has 178 valence electrons. The van der Waals surface area contributed by atoms with Gasteiger partial charge in [-0.1, -0.05) is 56.7 Å². The van der Waals surface area contributed by atoms with Gasteiger partial charge in [0.1, 0.15) is 11.9 Å². The van der Waals surface area contributed by atoms with Gasteiger partial charge in [-0.15, -0.1) is 0 Å². The topological polar surface area (TPSA) is 45.4 Å². The summed E-state index contributed by atoms with van der Waals surface area (Å²) in [6, 6.07) is 12.9. The third-order valence-electron chi connectivity index (χ3n) is 7.22. The Labute approximate surface area is 203 Å². The summed E-state index contributed by atoms with van der Waals surface area (Å²) < 4.78 is 2.34. The summed E-state index contributed by atoms with van der Waals surface area (Å²) in [7, 11) is 0. The van der Waals surface area contributed by atoms with Gasteiger partial charge >= 0.3 is 0 Å². The predicted octanol–water partition coefficient (Wildman–Crippen LogP) is 7.60. The maximum atomic E-state index is 11.5. The summed E-state index contributed by atoms with van der Waals surface area (Å²) in [5, 5.41) is 24.0. The molecule has 0 radical (unpaired) electrons. The number of hydrogen-bond donors (Lipinski definition) is 2. The third-order valence-corrected chi connectivity index (χ3v) is 7.22. The number of nitrogens with zero attached hydrogens (tertiary/aromatic N) is 1. The molecule has 4 rings (SSSR count). The second-order valence-electron chi connectivity index (χ2n) is 9.72. The molecule has 1 atom stereocenters. The minimum absolute atomic E-state index is 0.186. The van der Waals surface area contributed by atoms with Crippen LogP contribution in [0.5, 0.6) is 0 Å². The summed E-state index contributed by atoms with van der Waals surface area (Å²) in [4.78, 5) is 0. The minimum atomic E-state index is -0.860. The first-order chi connectivity index (χ1) is 16.2. The highest BCUT2D eigenvalue weighted by atomic mass is 16.3. The van der Waals surface area contributed by atoms with E-state index in [1.165, 1.54) is 5.56 Å². The molecule has 0 fully saturated rings. The molecule has 3 aromatic rings. The molecule has 3 heteroatoms. The van der Waals surface area contributed by atoms with E-state index < -0.39 is 6.10 Å². The number of unbranched alkanes of at least 4 members (excludes halogenated alkanes) is 1. The van der Waals surface area contributed by atoms with Crippen molar-refractivity contribution in [1.29, 1.82) is 0 Å². The smallest absolute Gasteiger partial charge is 0.129 e. The van der Waals surface area contributed by atoms with Crippen molar-refractivity contribution in [3.8, 4) is 0 Å². The van der Waals surface area contributed by atoms with E-state index in [9.17, 15) is 10.2 Å². The lowest BCUT2D eigenvalue weighted by atomic mass is 9.75. The SMILES string of the molecule is C=C(C)/C(=C1/C(O)=C(c2c(C)n(CCCC)c3ccc(CC)cc23)C1O)c1cc(C)ccc1C. The van der Waals surface area contributed by atoms with Gasteiger partial charge in [-0.05, 0) is 80.5 Å². The van der Waals surface area contributed by atoms with Gasteiger partial charge in [0.25, 0.3) is 0 Å². The zero-order chi connectivity index (χ0) is 24.7. The number of aliphatic hydroxyl groups excluding tert-OH is 2. The second-order valence-corrected chi connectivity index (χ2v) is 9.72. The van der Waals surface area contributed by atoms with Crippen LogP contribution in [0.4, 0.5) is 0 Å². The number of aryl methyl sites for hydroxylation is 4. The highest BCUT2D eigenvalue weighted by Crippen LogP contribution is 2.49. The molecular formula is C31H37NO2. The standard InChI is InChI=1S/C31H37NO2/c1-8-10-15-32-21(7)27(24-17-22(9-2)13-14-25(24)32)29-30(33)28(31(29)34)26(18(3)4)23-16-19(5)11-12-20(23)6/h11-14,16-17,30,33-34H,3,8-10,15H2,1-2,4-7H3/b28-26-. The number of rotatable bonds is 7. The van der Waals surface area contributed by atoms with E-state index in [-0.39, 0.29) is 5.76 Å². The highest BCUT2D eigenvalue weighted by Gasteiger charge is 2.40. The van der Waals surface area contributed by atoms with E-state index in [0.29, 0.717) is 11.1 Å². The Morgan fingerprint density at radius 2 is 1.79 bits per heavy atom. The van der Waals surface area contributed by atoms with Gasteiger partial charge in [0.15, 0.2) is 0 Å². The van der Waals surface area contributed by atoms with E-state index in [0.717, 1.165) is 75.8 Å². The monoisotopic (exact) mass is 455 g/mol. The van der Waals surface area contributed by atoms with Crippen LogP contribution in [0.2, 0.25) is 0 Å². The van der Waals surface area contributed by atoms with E-state index in [2.05, 4.69) is 82.2 Å². The van der Waals surface area contributed by atoms with E-state index in [1.54, 1.807) is 0 Å². The molecule has 1 aliphatic carbocycles. The van der Waals surface area contributed by atoms with Crippen LogP contribution in [0.1, 0.15) is 67.1 Å². The Balaban J connectivity index is 1.98. The summed E-state index contributed by atoms with van der Waals surface area (Å²) in [6.45, 7) is 17.6. The Kier molecular flexibility index (Phi) is 6.60. The summed E-state index contributed by atoms with van der Waals surface area (Å²) in [5.74, 6) is 0.186. The molecule has 34 heavy (non-hydrogen) atoms. The van der Waals surface area contributed by atoms with Crippen molar-refractivity contribution in [2.75, 3.05) is 0 Å². The molecule has 1 aromatic heterocycles. The average Bonchev–Trinajstić information content (AvgIpc) is 3.07. The van der Waals surface area contributed by atoms with Gasteiger partial charge in [0.05, 0.1) is 0 Å². The average molecular weight is 456 g/mol. The van der Waals surface area contributed by atoms with Crippen LogP contribution < -0.4 is 0 Å². The van der Waals surface area contributed by atoms with Crippen molar-refractivity contribution in [1.82, 2.24) is 4.57 Å². The number of allylic oxidation sites excluding steroid dienone is 2. The summed E-state index contributed by atoms with van der Waals surface area (Å²) in [5.41, 5.74) is 10.6. The Morgan fingerprint density at radius 3 is 2.41 bits per heavy atom. The van der Waals surface area contributed by atoms with Crippen LogP contribution in [0.25, 0.3) is 22.0 Å². The number of fused-ring (bicyclic) bond motifs is 1. The van der Waals surface area contributed by atoms with Gasteiger partial charge in [-0.25, -0.2) is 0 Å². The van der Waals surface area contributed by atoms with E-state index in [4.69, 9.17) is 0 Å². The normalized spacial score (nSPS) is 17.3. The van der Waals surface area contributed by atoms with Gasteiger partial charge in [0, 0.05) is 39.9 Å². The van der Waals surface area contributed by atoms with Crippen molar-refractivity contribution < 1.29 is 10.2 Å². The van der Waals surface area contributed by atoms with Gasteiger partial charge in [0.2, 0.25) is 0 Å². The first-order valence-electron chi connectivity index (χ1n) is 12.4. The van der Waals surface area contributed by atoms with Crippen LogP contribution in [0.3, 0.4) is 0 Å². The van der Waals surface area contributed by atoms with Crippen LogP contribution in [-0.2, 0) is 13.0 Å². The quantitative estimate of drug-likeness (QED) is 0.385. The number of hydrogen-bond acceptors (Lipinski definition) is 2. The lowest BCUT2D eigenvalue weighted by molar-refractivity contribution is 0.231. The van der Waals surface area contributed by atoms with Crippen molar-refractivity contribution in [3.63, 3.8) is 0 Å². The molecule has 0 bridgehead atoms.